The molecule has 5 rings (SSSR count). The van der Waals surface area contributed by atoms with E-state index in [0.29, 0.717) is 68.3 Å². The summed E-state index contributed by atoms with van der Waals surface area (Å²) in [6.07, 6.45) is 0. The second kappa shape index (κ2) is 14.6. The van der Waals surface area contributed by atoms with Crippen molar-refractivity contribution in [3.8, 4) is 17.2 Å². The Morgan fingerprint density at radius 1 is 0.911 bits per heavy atom. The summed E-state index contributed by atoms with van der Waals surface area (Å²) < 4.78 is 17.7. The van der Waals surface area contributed by atoms with Gasteiger partial charge in [-0.25, -0.2) is 0 Å². The number of ketones is 1. The number of carbonyl (C=O) groups is 2. The molecule has 0 spiro atoms. The van der Waals surface area contributed by atoms with Gasteiger partial charge in [0.15, 0.2) is 15.8 Å². The molecular weight excluding hydrogens is 657 g/mol. The molecule has 1 N–H and O–H groups in total. The molecule has 4 aromatic rings. The van der Waals surface area contributed by atoms with Gasteiger partial charge in [-0.2, -0.15) is 0 Å². The van der Waals surface area contributed by atoms with Crippen LogP contribution in [0.1, 0.15) is 43.5 Å². The summed E-state index contributed by atoms with van der Waals surface area (Å²) in [4.78, 5) is 28.6. The number of hydrogen-bond donors (Lipinski definition) is 1. The highest BCUT2D eigenvalue weighted by molar-refractivity contribution is 8.00. The summed E-state index contributed by atoms with van der Waals surface area (Å²) >= 11 is 14.9. The van der Waals surface area contributed by atoms with Crippen LogP contribution in [-0.4, -0.2) is 46.8 Å². The van der Waals surface area contributed by atoms with Crippen molar-refractivity contribution in [1.29, 1.82) is 0 Å². The van der Waals surface area contributed by atoms with Crippen molar-refractivity contribution < 1.29 is 28.9 Å². The van der Waals surface area contributed by atoms with Crippen molar-refractivity contribution in [2.24, 2.45) is 0 Å². The van der Waals surface area contributed by atoms with Gasteiger partial charge in [0.2, 0.25) is 5.13 Å². The molecule has 0 radical (unpaired) electrons. The molecule has 1 aromatic heterocycles. The van der Waals surface area contributed by atoms with Crippen molar-refractivity contribution in [1.82, 2.24) is 10.2 Å². The van der Waals surface area contributed by atoms with Gasteiger partial charge < -0.3 is 19.3 Å². The van der Waals surface area contributed by atoms with Crippen molar-refractivity contribution in [2.75, 3.05) is 24.7 Å². The molecular formula is C32H29Cl2N3O6S2. The van der Waals surface area contributed by atoms with E-state index in [-0.39, 0.29) is 16.5 Å². The standard InChI is InChI=1S/C32H29Cl2N3O6S2/c1-4-41-22-12-8-18(9-13-22)28(38)26-27(19-10-14-24(42-5-2)25(15-19)43-6-3)37(30(40)29(26)39)31-35-36-32(45-31)44-17-20-7-11-21(33)16-23(20)34/h7-16,27,38H,4-6,17H2,1-3H3. The topological polar surface area (TPSA) is 111 Å². The predicted octanol–water partition coefficient (Wildman–Crippen LogP) is 7.96. The number of amides is 1. The fraction of sp³-hybridized carbons (Fsp3) is 0.250. The van der Waals surface area contributed by atoms with E-state index in [1.807, 2.05) is 26.8 Å². The summed E-state index contributed by atoms with van der Waals surface area (Å²) in [7, 11) is 0. The second-order valence-electron chi connectivity index (χ2n) is 9.57. The van der Waals surface area contributed by atoms with Crippen LogP contribution in [0.15, 0.2) is 70.6 Å². The number of rotatable bonds is 12. The highest BCUT2D eigenvalue weighted by Gasteiger charge is 2.48. The molecule has 3 aromatic carbocycles. The Bertz CT molecular complexity index is 1750. The van der Waals surface area contributed by atoms with E-state index in [1.54, 1.807) is 54.6 Å². The van der Waals surface area contributed by atoms with Crippen molar-refractivity contribution in [2.45, 2.75) is 36.9 Å². The van der Waals surface area contributed by atoms with Gasteiger partial charge in [0.05, 0.1) is 31.4 Å². The molecule has 234 valence electrons. The SMILES string of the molecule is CCOc1ccc(C(O)=C2C(=O)C(=O)N(c3nnc(SCc4ccc(Cl)cc4Cl)s3)C2c2ccc(OCC)c(OCC)c2)cc1. The molecule has 0 saturated carbocycles. The fourth-order valence-corrected chi connectivity index (χ4v) is 7.18. The second-order valence-corrected chi connectivity index (χ2v) is 12.6. The lowest BCUT2D eigenvalue weighted by Gasteiger charge is -2.23. The zero-order valence-corrected chi connectivity index (χ0v) is 27.7. The maximum absolute atomic E-state index is 13.7. The largest absolute Gasteiger partial charge is 0.507 e. The summed E-state index contributed by atoms with van der Waals surface area (Å²) in [5, 5.41) is 21.3. The van der Waals surface area contributed by atoms with Gasteiger partial charge in [0, 0.05) is 21.4 Å². The molecule has 13 heteroatoms. The van der Waals surface area contributed by atoms with Gasteiger partial charge >= 0.3 is 5.91 Å². The molecule has 1 unspecified atom stereocenters. The van der Waals surface area contributed by atoms with Crippen molar-refractivity contribution in [3.63, 3.8) is 0 Å². The number of carbonyl (C=O) groups excluding carboxylic acids is 2. The molecule has 45 heavy (non-hydrogen) atoms. The van der Waals surface area contributed by atoms with E-state index in [4.69, 9.17) is 37.4 Å². The molecule has 1 saturated heterocycles. The third kappa shape index (κ3) is 7.06. The minimum Gasteiger partial charge on any atom is -0.507 e. The first-order valence-corrected chi connectivity index (χ1v) is 16.6. The molecule has 0 aliphatic carbocycles. The molecule has 1 amide bonds. The quantitative estimate of drug-likeness (QED) is 0.0522. The molecule has 2 heterocycles. The molecule has 1 fully saturated rings. The number of benzene rings is 3. The minimum atomic E-state index is -1.03. The van der Waals surface area contributed by atoms with Crippen LogP contribution >= 0.6 is 46.3 Å². The zero-order chi connectivity index (χ0) is 32.1. The molecule has 9 nitrogen and oxygen atoms in total. The Kier molecular flexibility index (Phi) is 10.5. The lowest BCUT2D eigenvalue weighted by molar-refractivity contribution is -0.132. The van der Waals surface area contributed by atoms with Crippen LogP contribution in [0.25, 0.3) is 5.76 Å². The minimum absolute atomic E-state index is 0.0897. The van der Waals surface area contributed by atoms with Crippen LogP contribution in [0.2, 0.25) is 10.0 Å². The number of aliphatic hydroxyl groups is 1. The number of ether oxygens (including phenoxy) is 3. The van der Waals surface area contributed by atoms with Crippen LogP contribution in [0.4, 0.5) is 5.13 Å². The van der Waals surface area contributed by atoms with Crippen molar-refractivity contribution >= 4 is 68.9 Å². The number of aromatic nitrogens is 2. The first kappa shape index (κ1) is 32.6. The first-order valence-electron chi connectivity index (χ1n) is 14.1. The maximum atomic E-state index is 13.7. The van der Waals surface area contributed by atoms with Gasteiger partial charge in [0.1, 0.15) is 11.5 Å². The fourth-order valence-electron chi connectivity index (χ4n) is 4.75. The van der Waals surface area contributed by atoms with E-state index >= 15 is 0 Å². The van der Waals surface area contributed by atoms with E-state index < -0.39 is 17.7 Å². The maximum Gasteiger partial charge on any atom is 0.301 e. The monoisotopic (exact) mass is 685 g/mol. The first-order chi connectivity index (χ1) is 21.7. The van der Waals surface area contributed by atoms with Crippen LogP contribution in [0, 0.1) is 0 Å². The molecule has 1 aliphatic rings. The molecule has 1 atom stereocenters. The number of hydrogen-bond acceptors (Lipinski definition) is 10. The number of aliphatic hydroxyl groups excluding tert-OH is 1. The average molecular weight is 687 g/mol. The van der Waals surface area contributed by atoms with Gasteiger partial charge in [-0.3, -0.25) is 14.5 Å². The third-order valence-electron chi connectivity index (χ3n) is 6.73. The Hall–Kier alpha value is -3.77. The van der Waals surface area contributed by atoms with Crippen LogP contribution in [0.3, 0.4) is 0 Å². The Morgan fingerprint density at radius 2 is 1.62 bits per heavy atom. The summed E-state index contributed by atoms with van der Waals surface area (Å²) in [6.45, 7) is 6.84. The smallest absolute Gasteiger partial charge is 0.301 e. The summed E-state index contributed by atoms with van der Waals surface area (Å²) in [5.74, 6) is 0.0356. The number of anilines is 1. The van der Waals surface area contributed by atoms with E-state index in [2.05, 4.69) is 10.2 Å². The Morgan fingerprint density at radius 3 is 2.31 bits per heavy atom. The lowest BCUT2D eigenvalue weighted by Crippen LogP contribution is -2.29. The van der Waals surface area contributed by atoms with E-state index in [9.17, 15) is 14.7 Å². The van der Waals surface area contributed by atoms with Gasteiger partial charge in [-0.15, -0.1) is 10.2 Å². The molecule has 0 bridgehead atoms. The number of nitrogens with zero attached hydrogens (tertiary/aromatic N) is 3. The van der Waals surface area contributed by atoms with Crippen LogP contribution in [-0.2, 0) is 15.3 Å². The summed E-state index contributed by atoms with van der Waals surface area (Å²) in [5.41, 5.74) is 1.64. The van der Waals surface area contributed by atoms with E-state index in [0.717, 1.165) is 16.9 Å². The normalized spacial score (nSPS) is 15.8. The highest BCUT2D eigenvalue weighted by Crippen LogP contribution is 2.46. The Balaban J connectivity index is 1.57. The number of halogens is 2. The van der Waals surface area contributed by atoms with Gasteiger partial charge in [-0.05, 0) is 80.4 Å². The molecule has 1 aliphatic heterocycles. The third-order valence-corrected chi connectivity index (χ3v) is 9.43. The van der Waals surface area contributed by atoms with Gasteiger partial charge in [-0.1, -0.05) is 58.4 Å². The Labute approximate surface area is 278 Å². The van der Waals surface area contributed by atoms with E-state index in [1.165, 1.54) is 16.7 Å². The average Bonchev–Trinajstić information content (AvgIpc) is 3.59. The summed E-state index contributed by atoms with van der Waals surface area (Å²) in [6, 6.07) is 16.1. The number of thioether (sulfide) groups is 1. The lowest BCUT2D eigenvalue weighted by atomic mass is 9.95. The predicted molar refractivity (Wildman–Crippen MR) is 177 cm³/mol. The van der Waals surface area contributed by atoms with Gasteiger partial charge in [0.25, 0.3) is 5.78 Å². The van der Waals surface area contributed by atoms with Crippen LogP contribution in [0.5, 0.6) is 17.2 Å². The highest BCUT2D eigenvalue weighted by atomic mass is 35.5. The zero-order valence-electron chi connectivity index (χ0n) is 24.6. The van der Waals surface area contributed by atoms with Crippen molar-refractivity contribution in [3.05, 3.63) is 93.0 Å². The van der Waals surface area contributed by atoms with Crippen LogP contribution < -0.4 is 19.1 Å². The number of Topliss-reactive ketones (excluding diaryl/α,β-unsaturated/α-hetero) is 1.